The zero-order valence-corrected chi connectivity index (χ0v) is 18.0. The standard InChI is InChI=1S/C23H34N2O2S/c1-24(19-12-6-5-7-13-19)22(26)18-28-21-15-9-8-14-20(21)23(27)25-16-10-3-2-4-11-17-25/h8-9,14-15,19H,2-7,10-13,16-18H2,1H3. The number of carbonyl (C=O) groups excluding carboxylic acids is 2. The fourth-order valence-electron chi connectivity index (χ4n) is 4.30. The molecule has 1 aliphatic heterocycles. The molecule has 1 heterocycles. The molecule has 2 amide bonds. The monoisotopic (exact) mass is 402 g/mol. The van der Waals surface area contributed by atoms with Crippen LogP contribution in [0.5, 0.6) is 0 Å². The van der Waals surface area contributed by atoms with E-state index in [2.05, 4.69) is 0 Å². The number of likely N-dealkylation sites (tertiary alicyclic amines) is 1. The Kier molecular flexibility index (Phi) is 8.26. The van der Waals surface area contributed by atoms with E-state index >= 15 is 0 Å². The zero-order chi connectivity index (χ0) is 19.8. The summed E-state index contributed by atoms with van der Waals surface area (Å²) in [6.45, 7) is 1.70. The molecule has 28 heavy (non-hydrogen) atoms. The highest BCUT2D eigenvalue weighted by Crippen LogP contribution is 2.27. The Morgan fingerprint density at radius 2 is 1.57 bits per heavy atom. The molecular weight excluding hydrogens is 368 g/mol. The Labute approximate surface area is 174 Å². The summed E-state index contributed by atoms with van der Waals surface area (Å²) in [5.41, 5.74) is 0.751. The van der Waals surface area contributed by atoms with Gasteiger partial charge in [-0.15, -0.1) is 11.8 Å². The van der Waals surface area contributed by atoms with E-state index in [0.717, 1.165) is 49.2 Å². The first-order valence-electron chi connectivity index (χ1n) is 10.9. The van der Waals surface area contributed by atoms with E-state index in [9.17, 15) is 9.59 Å². The van der Waals surface area contributed by atoms with Gasteiger partial charge in [0.2, 0.25) is 5.91 Å². The van der Waals surface area contributed by atoms with Gasteiger partial charge in [0.25, 0.3) is 5.91 Å². The largest absolute Gasteiger partial charge is 0.342 e. The zero-order valence-electron chi connectivity index (χ0n) is 17.2. The number of carbonyl (C=O) groups is 2. The first kappa shape index (κ1) is 21.2. The number of nitrogens with zero attached hydrogens (tertiary/aromatic N) is 2. The summed E-state index contributed by atoms with van der Waals surface area (Å²) < 4.78 is 0. The molecule has 0 bridgehead atoms. The predicted molar refractivity (Wildman–Crippen MR) is 116 cm³/mol. The van der Waals surface area contributed by atoms with Crippen LogP contribution in [0.15, 0.2) is 29.2 Å². The van der Waals surface area contributed by atoms with E-state index in [1.54, 1.807) is 0 Å². The van der Waals surface area contributed by atoms with Crippen molar-refractivity contribution in [2.24, 2.45) is 0 Å². The van der Waals surface area contributed by atoms with Crippen molar-refractivity contribution in [3.05, 3.63) is 29.8 Å². The second kappa shape index (κ2) is 10.9. The van der Waals surface area contributed by atoms with Gasteiger partial charge in [0.05, 0.1) is 11.3 Å². The molecule has 0 N–H and O–H groups in total. The second-order valence-corrected chi connectivity index (χ2v) is 9.16. The maximum Gasteiger partial charge on any atom is 0.254 e. The molecule has 0 atom stereocenters. The Hall–Kier alpha value is -1.49. The van der Waals surface area contributed by atoms with Crippen molar-refractivity contribution in [3.63, 3.8) is 0 Å². The Bertz CT molecular complexity index is 650. The number of thioether (sulfide) groups is 1. The van der Waals surface area contributed by atoms with Gasteiger partial charge in [-0.05, 0) is 37.8 Å². The van der Waals surface area contributed by atoms with E-state index in [4.69, 9.17) is 0 Å². The van der Waals surface area contributed by atoms with Crippen molar-refractivity contribution in [2.45, 2.75) is 75.1 Å². The van der Waals surface area contributed by atoms with Gasteiger partial charge in [-0.25, -0.2) is 0 Å². The highest BCUT2D eigenvalue weighted by molar-refractivity contribution is 8.00. The molecule has 1 saturated carbocycles. The molecule has 5 heteroatoms. The van der Waals surface area contributed by atoms with Crippen molar-refractivity contribution >= 4 is 23.6 Å². The van der Waals surface area contributed by atoms with Gasteiger partial charge in [-0.2, -0.15) is 0 Å². The summed E-state index contributed by atoms with van der Waals surface area (Å²) in [6, 6.07) is 8.17. The van der Waals surface area contributed by atoms with Crippen LogP contribution in [0, 0.1) is 0 Å². The minimum atomic E-state index is 0.123. The van der Waals surface area contributed by atoms with Crippen molar-refractivity contribution in [2.75, 3.05) is 25.9 Å². The van der Waals surface area contributed by atoms with E-state index in [0.29, 0.717) is 11.8 Å². The van der Waals surface area contributed by atoms with Gasteiger partial charge < -0.3 is 9.80 Å². The number of rotatable bonds is 5. The number of benzene rings is 1. The number of hydrogen-bond donors (Lipinski definition) is 0. The summed E-state index contributed by atoms with van der Waals surface area (Å²) in [7, 11) is 1.94. The highest BCUT2D eigenvalue weighted by atomic mass is 32.2. The third-order valence-corrected chi connectivity index (χ3v) is 7.19. The topological polar surface area (TPSA) is 40.6 Å². The minimum absolute atomic E-state index is 0.123. The predicted octanol–water partition coefficient (Wildman–Crippen LogP) is 4.98. The lowest BCUT2D eigenvalue weighted by Gasteiger charge is -2.31. The average Bonchev–Trinajstić information content (AvgIpc) is 2.71. The molecule has 0 unspecified atom stereocenters. The van der Waals surface area contributed by atoms with E-state index in [-0.39, 0.29) is 11.8 Å². The van der Waals surface area contributed by atoms with Crippen LogP contribution in [0.1, 0.15) is 74.6 Å². The van der Waals surface area contributed by atoms with Crippen molar-refractivity contribution in [3.8, 4) is 0 Å². The molecule has 1 aromatic carbocycles. The van der Waals surface area contributed by atoms with Crippen molar-refractivity contribution < 1.29 is 9.59 Å². The lowest BCUT2D eigenvalue weighted by molar-refractivity contribution is -0.129. The van der Waals surface area contributed by atoms with Crippen LogP contribution in [0.25, 0.3) is 0 Å². The fraction of sp³-hybridized carbons (Fsp3) is 0.652. The lowest BCUT2D eigenvalue weighted by atomic mass is 9.94. The van der Waals surface area contributed by atoms with Crippen LogP contribution < -0.4 is 0 Å². The summed E-state index contributed by atoms with van der Waals surface area (Å²) in [4.78, 5) is 30.7. The molecule has 0 radical (unpaired) electrons. The lowest BCUT2D eigenvalue weighted by Crippen LogP contribution is -2.39. The SMILES string of the molecule is CN(C(=O)CSc1ccccc1C(=O)N1CCCCCCC1)C1CCCCC1. The van der Waals surface area contributed by atoms with Crippen LogP contribution >= 0.6 is 11.8 Å². The molecule has 1 aromatic rings. The molecule has 2 aliphatic rings. The van der Waals surface area contributed by atoms with Gasteiger partial charge in [-0.1, -0.05) is 50.7 Å². The molecule has 154 valence electrons. The first-order chi connectivity index (χ1) is 13.7. The molecule has 3 rings (SSSR count). The maximum absolute atomic E-state index is 13.1. The van der Waals surface area contributed by atoms with E-state index in [1.165, 1.54) is 50.3 Å². The normalized spacial score (nSPS) is 19.0. The summed E-state index contributed by atoms with van der Waals surface area (Å²) in [5.74, 6) is 0.695. The van der Waals surface area contributed by atoms with Crippen molar-refractivity contribution in [1.82, 2.24) is 9.80 Å². The third kappa shape index (κ3) is 5.76. The summed E-state index contributed by atoms with van der Waals surface area (Å²) in [6.07, 6.45) is 11.9. The smallest absolute Gasteiger partial charge is 0.254 e. The van der Waals surface area contributed by atoms with Crippen LogP contribution in [0.4, 0.5) is 0 Å². The van der Waals surface area contributed by atoms with Crippen LogP contribution in [-0.4, -0.2) is 53.5 Å². The molecule has 4 nitrogen and oxygen atoms in total. The van der Waals surface area contributed by atoms with E-state index in [1.807, 2.05) is 41.1 Å². The average molecular weight is 403 g/mol. The van der Waals surface area contributed by atoms with E-state index < -0.39 is 0 Å². The molecular formula is C23H34N2O2S. The first-order valence-corrected chi connectivity index (χ1v) is 11.9. The molecule has 0 aromatic heterocycles. The highest BCUT2D eigenvalue weighted by Gasteiger charge is 2.23. The molecule has 2 fully saturated rings. The van der Waals surface area contributed by atoms with Gasteiger partial charge in [-0.3, -0.25) is 9.59 Å². The number of amides is 2. The van der Waals surface area contributed by atoms with Crippen LogP contribution in [0.3, 0.4) is 0 Å². The second-order valence-electron chi connectivity index (χ2n) is 8.14. The van der Waals surface area contributed by atoms with Gasteiger partial charge >= 0.3 is 0 Å². The molecule has 0 spiro atoms. The maximum atomic E-state index is 13.1. The summed E-state index contributed by atoms with van der Waals surface area (Å²) in [5, 5.41) is 0. The third-order valence-electron chi connectivity index (χ3n) is 6.13. The fourth-order valence-corrected chi connectivity index (χ4v) is 5.27. The Morgan fingerprint density at radius 3 is 2.29 bits per heavy atom. The molecule has 1 aliphatic carbocycles. The number of hydrogen-bond acceptors (Lipinski definition) is 3. The van der Waals surface area contributed by atoms with Gasteiger partial charge in [0.15, 0.2) is 0 Å². The Morgan fingerprint density at radius 1 is 0.964 bits per heavy atom. The van der Waals surface area contributed by atoms with Crippen LogP contribution in [0.2, 0.25) is 0 Å². The van der Waals surface area contributed by atoms with Gasteiger partial charge in [0, 0.05) is 31.1 Å². The minimum Gasteiger partial charge on any atom is -0.342 e. The molecule has 1 saturated heterocycles. The van der Waals surface area contributed by atoms with Gasteiger partial charge in [0.1, 0.15) is 0 Å². The van der Waals surface area contributed by atoms with Crippen LogP contribution in [-0.2, 0) is 4.79 Å². The Balaban J connectivity index is 1.61. The summed E-state index contributed by atoms with van der Waals surface area (Å²) >= 11 is 1.51. The van der Waals surface area contributed by atoms with Crippen molar-refractivity contribution in [1.29, 1.82) is 0 Å². The quantitative estimate of drug-likeness (QED) is 0.653.